The highest BCUT2D eigenvalue weighted by Crippen LogP contribution is 2.40. The van der Waals surface area contributed by atoms with E-state index in [0.29, 0.717) is 0 Å². The van der Waals surface area contributed by atoms with Crippen molar-refractivity contribution < 1.29 is 0 Å². The van der Waals surface area contributed by atoms with Crippen molar-refractivity contribution >= 4 is 44.9 Å². The number of hydrogen-bond acceptors (Lipinski definition) is 0. The van der Waals surface area contributed by atoms with Crippen LogP contribution in [0.2, 0.25) is 0 Å². The van der Waals surface area contributed by atoms with Crippen LogP contribution in [0.3, 0.4) is 0 Å². The van der Waals surface area contributed by atoms with Gasteiger partial charge in [-0.05, 0) is 121 Å². The van der Waals surface area contributed by atoms with Crippen LogP contribution in [0, 0.1) is 6.92 Å². The van der Waals surface area contributed by atoms with Crippen LogP contribution in [0.15, 0.2) is 237 Å². The summed E-state index contributed by atoms with van der Waals surface area (Å²) in [6.07, 6.45) is 0. The Morgan fingerprint density at radius 3 is 1.26 bits per heavy atom. The van der Waals surface area contributed by atoms with Crippen molar-refractivity contribution in [1.29, 1.82) is 0 Å². The van der Waals surface area contributed by atoms with Gasteiger partial charge in [0.2, 0.25) is 6.71 Å². The van der Waals surface area contributed by atoms with Crippen LogP contribution in [0.4, 0.5) is 0 Å². The lowest BCUT2D eigenvalue weighted by Crippen LogP contribution is -2.57. The van der Waals surface area contributed by atoms with E-state index in [-0.39, 0.29) is 6.71 Å². The molecule has 308 valence electrons. The quantitative estimate of drug-likeness (QED) is 0.141. The van der Waals surface area contributed by atoms with E-state index in [1.54, 1.807) is 0 Å². The molecule has 0 saturated carbocycles. The predicted molar refractivity (Wildman–Crippen MR) is 281 cm³/mol. The van der Waals surface area contributed by atoms with Gasteiger partial charge in [-0.25, -0.2) is 0 Å². The molecule has 12 rings (SSSR count). The van der Waals surface area contributed by atoms with E-state index in [1.165, 1.54) is 116 Å². The fourth-order valence-electron chi connectivity index (χ4n) is 10.1. The van der Waals surface area contributed by atoms with Gasteiger partial charge in [0.25, 0.3) is 0 Å². The molecule has 0 fully saturated rings. The van der Waals surface area contributed by atoms with Gasteiger partial charge in [-0.3, -0.25) is 0 Å². The van der Waals surface area contributed by atoms with Gasteiger partial charge in [0.1, 0.15) is 0 Å². The molecule has 0 N–H and O–H groups in total. The van der Waals surface area contributed by atoms with Gasteiger partial charge in [-0.15, -0.1) is 0 Å². The number of aromatic nitrogens is 1. The van der Waals surface area contributed by atoms with E-state index in [0.717, 1.165) is 0 Å². The summed E-state index contributed by atoms with van der Waals surface area (Å²) < 4.78 is 2.57. The highest BCUT2D eigenvalue weighted by molar-refractivity contribution is 6.99. The summed E-state index contributed by atoms with van der Waals surface area (Å²) in [5.74, 6) is 0. The number of fused-ring (bicyclic) bond motifs is 5. The Morgan fingerprint density at radius 1 is 0.323 bits per heavy atom. The van der Waals surface area contributed by atoms with E-state index in [4.69, 9.17) is 0 Å². The molecule has 0 atom stereocenters. The standard InChI is InChI=1S/C61H42BN.C2H6/c1-41-27-29-45(30-28-41)49-32-34-59-56(39-49)62(60-52(46-23-13-5-14-24-46)36-50(43-19-9-3-10-20-43)37-53(60)47-25-15-6-16-26-47)57-40-51(44-21-11-4-12-22-44)38-55-54-35-48(42-17-7-2-8-18-42)31-33-58(54)63(59)61(55)57;1-2/h2-40H,1H3;1-2H3. The minimum Gasteiger partial charge on any atom is -0.310 e. The Hall–Kier alpha value is -7.94. The molecule has 0 amide bonds. The number of benzene rings is 10. The van der Waals surface area contributed by atoms with E-state index in [9.17, 15) is 0 Å². The van der Waals surface area contributed by atoms with Crippen LogP contribution < -0.4 is 16.4 Å². The molecule has 0 spiro atoms. The van der Waals surface area contributed by atoms with Gasteiger partial charge in [0.05, 0.1) is 5.52 Å². The second-order valence-electron chi connectivity index (χ2n) is 16.9. The molecule has 1 nitrogen and oxygen atoms in total. The summed E-state index contributed by atoms with van der Waals surface area (Å²) in [5, 5.41) is 2.52. The van der Waals surface area contributed by atoms with Crippen LogP contribution >= 0.6 is 0 Å². The van der Waals surface area contributed by atoms with Crippen LogP contribution in [-0.4, -0.2) is 11.3 Å². The minimum atomic E-state index is -0.128. The summed E-state index contributed by atoms with van der Waals surface area (Å²) in [4.78, 5) is 0. The van der Waals surface area contributed by atoms with Crippen LogP contribution in [0.25, 0.3) is 94.3 Å². The van der Waals surface area contributed by atoms with Crippen molar-refractivity contribution in [2.75, 3.05) is 0 Å². The smallest absolute Gasteiger partial charge is 0.248 e. The Morgan fingerprint density at radius 2 is 0.723 bits per heavy atom. The number of nitrogens with zero attached hydrogens (tertiary/aromatic N) is 1. The molecule has 10 aromatic carbocycles. The summed E-state index contributed by atoms with van der Waals surface area (Å²) in [6.45, 7) is 6.03. The topological polar surface area (TPSA) is 4.93 Å². The maximum absolute atomic E-state index is 2.57. The van der Waals surface area contributed by atoms with Gasteiger partial charge >= 0.3 is 0 Å². The Bertz CT molecular complexity index is 3400. The van der Waals surface area contributed by atoms with Crippen molar-refractivity contribution in [3.63, 3.8) is 0 Å². The molecule has 11 aromatic rings. The Labute approximate surface area is 383 Å². The molecule has 0 saturated heterocycles. The zero-order valence-electron chi connectivity index (χ0n) is 37.0. The number of hydrogen-bond donors (Lipinski definition) is 0. The average Bonchev–Trinajstić information content (AvgIpc) is 3.72. The average molecular weight is 830 g/mol. The molecule has 0 unspecified atom stereocenters. The SMILES string of the molecule is CC.Cc1ccc(-c2ccc3c(c2)B(c2c(-c4ccccc4)cc(-c4ccccc4)cc2-c2ccccc2)c2cc(-c4ccccc4)cc4c5cc(-c6ccccc6)ccc5n-3c24)cc1. The molecule has 1 aromatic heterocycles. The van der Waals surface area contributed by atoms with Crippen LogP contribution in [0.5, 0.6) is 0 Å². The van der Waals surface area contributed by atoms with Crippen molar-refractivity contribution in [2.45, 2.75) is 20.8 Å². The third kappa shape index (κ3) is 7.09. The Kier molecular flexibility index (Phi) is 10.4. The fourth-order valence-corrected chi connectivity index (χ4v) is 10.1. The molecule has 2 heterocycles. The van der Waals surface area contributed by atoms with Gasteiger partial charge in [-0.1, -0.05) is 225 Å². The molecule has 65 heavy (non-hydrogen) atoms. The molecule has 0 aliphatic carbocycles. The van der Waals surface area contributed by atoms with Crippen LogP contribution in [0.1, 0.15) is 19.4 Å². The van der Waals surface area contributed by atoms with Crippen molar-refractivity contribution in [2.24, 2.45) is 0 Å². The normalized spacial score (nSPS) is 11.6. The lowest BCUT2D eigenvalue weighted by Gasteiger charge is -2.31. The molecule has 0 bridgehead atoms. The highest BCUT2D eigenvalue weighted by Gasteiger charge is 2.38. The second-order valence-corrected chi connectivity index (χ2v) is 16.9. The van der Waals surface area contributed by atoms with Crippen molar-refractivity contribution in [3.05, 3.63) is 242 Å². The van der Waals surface area contributed by atoms with Gasteiger partial charge in [-0.2, -0.15) is 0 Å². The highest BCUT2D eigenvalue weighted by atomic mass is 15.0. The first-order valence-electron chi connectivity index (χ1n) is 22.9. The van der Waals surface area contributed by atoms with Crippen molar-refractivity contribution in [3.8, 4) is 72.4 Å². The van der Waals surface area contributed by atoms with Gasteiger partial charge < -0.3 is 4.57 Å². The second kappa shape index (κ2) is 17.0. The molecule has 2 heteroatoms. The third-order valence-electron chi connectivity index (χ3n) is 13.1. The van der Waals surface area contributed by atoms with E-state index < -0.39 is 0 Å². The van der Waals surface area contributed by atoms with Crippen LogP contribution in [-0.2, 0) is 0 Å². The van der Waals surface area contributed by atoms with Gasteiger partial charge in [0.15, 0.2) is 0 Å². The van der Waals surface area contributed by atoms with E-state index in [2.05, 4.69) is 248 Å². The molecular weight excluding hydrogens is 782 g/mol. The monoisotopic (exact) mass is 829 g/mol. The lowest BCUT2D eigenvalue weighted by molar-refractivity contribution is 1.19. The first-order valence-corrected chi connectivity index (χ1v) is 22.9. The van der Waals surface area contributed by atoms with E-state index >= 15 is 0 Å². The Balaban J connectivity index is 0.00000231. The lowest BCUT2D eigenvalue weighted by atomic mass is 9.33. The minimum absolute atomic E-state index is 0.128. The maximum atomic E-state index is 2.57. The van der Waals surface area contributed by atoms with Crippen molar-refractivity contribution in [1.82, 2.24) is 4.57 Å². The van der Waals surface area contributed by atoms with Gasteiger partial charge in [0, 0.05) is 22.0 Å². The molecule has 1 aliphatic rings. The molecular formula is C63H48BN. The summed E-state index contributed by atoms with van der Waals surface area (Å²) >= 11 is 0. The predicted octanol–water partition coefficient (Wildman–Crippen LogP) is 14.9. The maximum Gasteiger partial charge on any atom is 0.248 e. The molecule has 1 aliphatic heterocycles. The number of aryl methyl sites for hydroxylation is 1. The third-order valence-corrected chi connectivity index (χ3v) is 13.1. The fraction of sp³-hybridized carbons (Fsp3) is 0.0476. The summed E-state index contributed by atoms with van der Waals surface area (Å²) in [7, 11) is 0. The largest absolute Gasteiger partial charge is 0.310 e. The number of rotatable bonds is 7. The summed E-state index contributed by atoms with van der Waals surface area (Å²) in [5.41, 5.74) is 23.4. The first kappa shape index (κ1) is 39.9. The zero-order valence-corrected chi connectivity index (χ0v) is 37.0. The molecule has 0 radical (unpaired) electrons. The summed E-state index contributed by atoms with van der Waals surface area (Å²) in [6, 6.07) is 87.8. The van der Waals surface area contributed by atoms with E-state index in [1.807, 2.05) is 13.8 Å². The zero-order chi connectivity index (χ0) is 43.9. The first-order chi connectivity index (χ1) is 32.2.